The number of hydrogen-bond acceptors (Lipinski definition) is 2. The average Bonchev–Trinajstić information content (AvgIpc) is 2.67. The maximum Gasteiger partial charge on any atom is 0.0454 e. The number of halogens is 3. The van der Waals surface area contributed by atoms with Crippen LogP contribution < -0.4 is 5.73 Å². The highest BCUT2D eigenvalue weighted by Gasteiger charge is 2.12. The first kappa shape index (κ1) is 13.6. The quantitative estimate of drug-likeness (QED) is 0.762. The third kappa shape index (κ3) is 3.55. The number of thiophene rings is 1. The average molecular weight is 396 g/mol. The Bertz CT molecular complexity index is 527. The number of benzene rings is 1. The standard InChI is InChI=1S/C12H10Br2ClNS/c13-7-1-2-11(15)10(4-7)12(16)5-9-3-8(14)6-17-9/h1-4,6,12H,5,16H2. The van der Waals surface area contributed by atoms with Crippen LogP contribution in [0.15, 0.2) is 38.6 Å². The van der Waals surface area contributed by atoms with E-state index < -0.39 is 0 Å². The van der Waals surface area contributed by atoms with Crippen LogP contribution in [0.2, 0.25) is 5.02 Å². The SMILES string of the molecule is NC(Cc1cc(Br)cs1)c1cc(Br)ccc1Cl. The van der Waals surface area contributed by atoms with Crippen molar-refractivity contribution in [1.29, 1.82) is 0 Å². The molecule has 0 saturated heterocycles. The molecule has 1 unspecified atom stereocenters. The van der Waals surface area contributed by atoms with Gasteiger partial charge >= 0.3 is 0 Å². The molecule has 1 aromatic carbocycles. The highest BCUT2D eigenvalue weighted by molar-refractivity contribution is 9.10. The fourth-order valence-corrected chi connectivity index (χ4v) is 3.73. The van der Waals surface area contributed by atoms with Gasteiger partial charge in [0, 0.05) is 36.7 Å². The second-order valence-electron chi connectivity index (χ2n) is 3.71. The molecule has 1 atom stereocenters. The monoisotopic (exact) mass is 393 g/mol. The van der Waals surface area contributed by atoms with Crippen LogP contribution in [0.4, 0.5) is 0 Å². The minimum atomic E-state index is -0.0782. The van der Waals surface area contributed by atoms with Gasteiger partial charge in [-0.1, -0.05) is 27.5 Å². The van der Waals surface area contributed by atoms with Crippen molar-refractivity contribution < 1.29 is 0 Å². The summed E-state index contributed by atoms with van der Waals surface area (Å²) in [4.78, 5) is 1.25. The van der Waals surface area contributed by atoms with Gasteiger partial charge < -0.3 is 5.73 Å². The molecule has 0 aliphatic carbocycles. The molecule has 0 aliphatic rings. The Morgan fingerprint density at radius 2 is 2.00 bits per heavy atom. The van der Waals surface area contributed by atoms with E-state index in [2.05, 4.69) is 43.3 Å². The highest BCUT2D eigenvalue weighted by atomic mass is 79.9. The molecule has 0 spiro atoms. The first-order valence-corrected chi connectivity index (χ1v) is 7.84. The Morgan fingerprint density at radius 3 is 2.65 bits per heavy atom. The van der Waals surface area contributed by atoms with Crippen LogP contribution in [0.3, 0.4) is 0 Å². The van der Waals surface area contributed by atoms with Crippen LogP contribution >= 0.6 is 54.8 Å². The number of rotatable bonds is 3. The second kappa shape index (κ2) is 5.85. The summed E-state index contributed by atoms with van der Waals surface area (Å²) < 4.78 is 2.10. The molecule has 17 heavy (non-hydrogen) atoms. The lowest BCUT2D eigenvalue weighted by Gasteiger charge is -2.13. The molecule has 1 heterocycles. The van der Waals surface area contributed by atoms with Gasteiger partial charge in [0.15, 0.2) is 0 Å². The third-order valence-corrected chi connectivity index (χ3v) is 4.96. The van der Waals surface area contributed by atoms with E-state index in [0.29, 0.717) is 0 Å². The van der Waals surface area contributed by atoms with Crippen LogP contribution in [0.5, 0.6) is 0 Å². The van der Waals surface area contributed by atoms with E-state index in [1.165, 1.54) is 4.88 Å². The van der Waals surface area contributed by atoms with Crippen molar-refractivity contribution >= 4 is 54.8 Å². The van der Waals surface area contributed by atoms with E-state index in [-0.39, 0.29) is 6.04 Å². The Hall–Kier alpha value is 0.130. The smallest absolute Gasteiger partial charge is 0.0454 e. The van der Waals surface area contributed by atoms with Gasteiger partial charge in [0.2, 0.25) is 0 Å². The van der Waals surface area contributed by atoms with Gasteiger partial charge in [0.25, 0.3) is 0 Å². The van der Waals surface area contributed by atoms with Crippen LogP contribution in [0, 0.1) is 0 Å². The van der Waals surface area contributed by atoms with Gasteiger partial charge in [-0.15, -0.1) is 11.3 Å². The summed E-state index contributed by atoms with van der Waals surface area (Å²) in [5.41, 5.74) is 7.17. The maximum atomic E-state index is 6.19. The molecular formula is C12H10Br2ClNS. The Kier molecular flexibility index (Phi) is 4.66. The summed E-state index contributed by atoms with van der Waals surface area (Å²) in [6.07, 6.45) is 0.798. The summed E-state index contributed by atoms with van der Waals surface area (Å²) >= 11 is 14.7. The minimum Gasteiger partial charge on any atom is -0.324 e. The molecule has 1 nitrogen and oxygen atoms in total. The molecule has 2 aromatic rings. The highest BCUT2D eigenvalue weighted by Crippen LogP contribution is 2.29. The third-order valence-electron chi connectivity index (χ3n) is 2.40. The predicted molar refractivity (Wildman–Crippen MR) is 81.8 cm³/mol. The summed E-state index contributed by atoms with van der Waals surface area (Å²) in [6, 6.07) is 7.78. The van der Waals surface area contributed by atoms with Crippen LogP contribution in [-0.4, -0.2) is 0 Å². The molecule has 2 N–H and O–H groups in total. The van der Waals surface area contributed by atoms with Crippen molar-refractivity contribution in [1.82, 2.24) is 0 Å². The molecule has 5 heteroatoms. The Morgan fingerprint density at radius 1 is 1.24 bits per heavy atom. The number of nitrogens with two attached hydrogens (primary N) is 1. The molecular weight excluding hydrogens is 385 g/mol. The van der Waals surface area contributed by atoms with E-state index in [9.17, 15) is 0 Å². The van der Waals surface area contributed by atoms with Gasteiger partial charge in [-0.3, -0.25) is 0 Å². The van der Waals surface area contributed by atoms with E-state index in [1.807, 2.05) is 18.2 Å². The molecule has 90 valence electrons. The first-order chi connectivity index (χ1) is 8.06. The molecule has 0 aliphatic heterocycles. The molecule has 0 fully saturated rings. The first-order valence-electron chi connectivity index (χ1n) is 4.99. The topological polar surface area (TPSA) is 26.0 Å². The van der Waals surface area contributed by atoms with E-state index in [0.717, 1.165) is 26.0 Å². The van der Waals surface area contributed by atoms with Crippen molar-refractivity contribution in [3.8, 4) is 0 Å². The predicted octanol–water partition coefficient (Wildman–Crippen LogP) is 5.17. The molecule has 0 radical (unpaired) electrons. The summed E-state index contributed by atoms with van der Waals surface area (Å²) in [7, 11) is 0. The van der Waals surface area contributed by atoms with Gasteiger partial charge in [0.1, 0.15) is 0 Å². The molecule has 0 amide bonds. The van der Waals surface area contributed by atoms with Crippen LogP contribution in [0.25, 0.3) is 0 Å². The van der Waals surface area contributed by atoms with Crippen molar-refractivity contribution in [2.75, 3.05) is 0 Å². The number of hydrogen-bond donors (Lipinski definition) is 1. The zero-order valence-corrected chi connectivity index (χ0v) is 13.5. The van der Waals surface area contributed by atoms with Gasteiger partial charge in [-0.25, -0.2) is 0 Å². The van der Waals surface area contributed by atoms with Crippen molar-refractivity contribution in [2.24, 2.45) is 5.73 Å². The van der Waals surface area contributed by atoms with Gasteiger partial charge in [0.05, 0.1) is 0 Å². The van der Waals surface area contributed by atoms with Crippen molar-refractivity contribution in [2.45, 2.75) is 12.5 Å². The maximum absolute atomic E-state index is 6.19. The normalized spacial score (nSPS) is 12.7. The van der Waals surface area contributed by atoms with E-state index in [1.54, 1.807) is 11.3 Å². The van der Waals surface area contributed by atoms with Crippen LogP contribution in [-0.2, 0) is 6.42 Å². The second-order valence-corrected chi connectivity index (χ2v) is 6.94. The van der Waals surface area contributed by atoms with Gasteiger partial charge in [-0.2, -0.15) is 0 Å². The van der Waals surface area contributed by atoms with E-state index in [4.69, 9.17) is 17.3 Å². The van der Waals surface area contributed by atoms with Crippen LogP contribution in [0.1, 0.15) is 16.5 Å². The summed E-state index contributed by atoms with van der Waals surface area (Å²) in [6.45, 7) is 0. The zero-order valence-electron chi connectivity index (χ0n) is 8.79. The zero-order chi connectivity index (χ0) is 12.4. The lowest BCUT2D eigenvalue weighted by molar-refractivity contribution is 0.730. The molecule has 0 bridgehead atoms. The Balaban J connectivity index is 2.19. The minimum absolute atomic E-state index is 0.0782. The fourth-order valence-electron chi connectivity index (χ4n) is 1.59. The van der Waals surface area contributed by atoms with Gasteiger partial charge in [-0.05, 0) is 45.8 Å². The largest absolute Gasteiger partial charge is 0.324 e. The van der Waals surface area contributed by atoms with Crippen molar-refractivity contribution in [3.05, 3.63) is 54.1 Å². The molecule has 1 aromatic heterocycles. The molecule has 0 saturated carbocycles. The summed E-state index contributed by atoms with van der Waals surface area (Å²) in [5.74, 6) is 0. The lowest BCUT2D eigenvalue weighted by atomic mass is 10.0. The van der Waals surface area contributed by atoms with Crippen molar-refractivity contribution in [3.63, 3.8) is 0 Å². The van der Waals surface area contributed by atoms with E-state index >= 15 is 0 Å². The lowest BCUT2D eigenvalue weighted by Crippen LogP contribution is -2.13. The molecule has 2 rings (SSSR count). The fraction of sp³-hybridized carbons (Fsp3) is 0.167. The summed E-state index contributed by atoms with van der Waals surface area (Å²) in [5, 5.41) is 2.78. The Labute approximate surface area is 126 Å².